The van der Waals surface area contributed by atoms with Crippen LogP contribution in [-0.4, -0.2) is 11.4 Å². The quantitative estimate of drug-likeness (QED) is 0.635. The van der Waals surface area contributed by atoms with Crippen molar-refractivity contribution in [1.29, 1.82) is 0 Å². The SMILES string of the molecule is C=CC[C@@]1(Cc2cccc3ccccc23)Oc2ccccc2C1=O. The van der Waals surface area contributed by atoms with Gasteiger partial charge in [-0.15, -0.1) is 6.58 Å². The molecule has 1 aliphatic heterocycles. The smallest absolute Gasteiger partial charge is 0.210 e. The first kappa shape index (κ1) is 14.7. The number of ketones is 1. The lowest BCUT2D eigenvalue weighted by molar-refractivity contribution is 0.0572. The topological polar surface area (TPSA) is 26.3 Å². The lowest BCUT2D eigenvalue weighted by atomic mass is 9.84. The number of hydrogen-bond donors (Lipinski definition) is 0. The number of Topliss-reactive ketones (excluding diaryl/α,β-unsaturated/α-hetero) is 1. The van der Waals surface area contributed by atoms with E-state index in [9.17, 15) is 4.79 Å². The van der Waals surface area contributed by atoms with Gasteiger partial charge in [0.05, 0.1) is 5.56 Å². The molecule has 2 nitrogen and oxygen atoms in total. The van der Waals surface area contributed by atoms with Gasteiger partial charge in [-0.3, -0.25) is 4.79 Å². The Morgan fingerprint density at radius 3 is 2.54 bits per heavy atom. The van der Waals surface area contributed by atoms with Gasteiger partial charge in [-0.25, -0.2) is 0 Å². The van der Waals surface area contributed by atoms with E-state index in [-0.39, 0.29) is 5.78 Å². The fraction of sp³-hybridized carbons (Fsp3) is 0.136. The van der Waals surface area contributed by atoms with Crippen LogP contribution in [0.25, 0.3) is 10.8 Å². The van der Waals surface area contributed by atoms with Crippen molar-refractivity contribution in [3.8, 4) is 5.75 Å². The monoisotopic (exact) mass is 314 g/mol. The average Bonchev–Trinajstić information content (AvgIpc) is 2.88. The predicted molar refractivity (Wildman–Crippen MR) is 96.6 cm³/mol. The molecule has 0 N–H and O–H groups in total. The lowest BCUT2D eigenvalue weighted by Gasteiger charge is -2.26. The molecule has 0 saturated heterocycles. The predicted octanol–water partition coefficient (Wildman–Crippen LogP) is 4.97. The number of carbonyl (C=O) groups excluding carboxylic acids is 1. The van der Waals surface area contributed by atoms with Crippen molar-refractivity contribution in [2.45, 2.75) is 18.4 Å². The molecule has 24 heavy (non-hydrogen) atoms. The molecule has 0 saturated carbocycles. The number of ether oxygens (including phenoxy) is 1. The molecule has 0 spiro atoms. The number of fused-ring (bicyclic) bond motifs is 2. The van der Waals surface area contributed by atoms with E-state index in [4.69, 9.17) is 4.74 Å². The molecule has 0 aromatic heterocycles. The van der Waals surface area contributed by atoms with Crippen molar-refractivity contribution in [1.82, 2.24) is 0 Å². The average molecular weight is 314 g/mol. The molecule has 1 heterocycles. The van der Waals surface area contributed by atoms with Crippen molar-refractivity contribution < 1.29 is 9.53 Å². The van der Waals surface area contributed by atoms with Crippen LogP contribution in [0.15, 0.2) is 79.4 Å². The molecule has 1 atom stereocenters. The van der Waals surface area contributed by atoms with Gasteiger partial charge in [-0.05, 0) is 28.5 Å². The maximum absolute atomic E-state index is 13.1. The van der Waals surface area contributed by atoms with Crippen LogP contribution < -0.4 is 4.74 Å². The molecule has 0 fully saturated rings. The summed E-state index contributed by atoms with van der Waals surface area (Å²) in [4.78, 5) is 13.1. The van der Waals surface area contributed by atoms with Crippen LogP contribution in [-0.2, 0) is 6.42 Å². The van der Waals surface area contributed by atoms with E-state index in [1.165, 1.54) is 5.39 Å². The van der Waals surface area contributed by atoms with Crippen molar-refractivity contribution in [2.24, 2.45) is 0 Å². The van der Waals surface area contributed by atoms with Crippen LogP contribution in [0.3, 0.4) is 0 Å². The molecule has 2 heteroatoms. The molecule has 0 unspecified atom stereocenters. The van der Waals surface area contributed by atoms with Crippen LogP contribution in [0.1, 0.15) is 22.3 Å². The fourth-order valence-electron chi connectivity index (χ4n) is 3.56. The van der Waals surface area contributed by atoms with Gasteiger partial charge in [0.25, 0.3) is 0 Å². The van der Waals surface area contributed by atoms with Crippen molar-refractivity contribution in [3.05, 3.63) is 90.5 Å². The second kappa shape index (κ2) is 5.64. The first-order valence-corrected chi connectivity index (χ1v) is 8.14. The van der Waals surface area contributed by atoms with Crippen molar-refractivity contribution in [3.63, 3.8) is 0 Å². The highest BCUT2D eigenvalue weighted by Gasteiger charge is 2.47. The molecule has 0 amide bonds. The summed E-state index contributed by atoms with van der Waals surface area (Å²) in [5, 5.41) is 2.34. The largest absolute Gasteiger partial charge is 0.478 e. The minimum absolute atomic E-state index is 0.0472. The molecule has 0 radical (unpaired) electrons. The van der Waals surface area contributed by atoms with Gasteiger partial charge in [-0.1, -0.05) is 60.7 Å². The highest BCUT2D eigenvalue weighted by atomic mass is 16.5. The summed E-state index contributed by atoms with van der Waals surface area (Å²) in [7, 11) is 0. The zero-order valence-electron chi connectivity index (χ0n) is 13.4. The Morgan fingerprint density at radius 1 is 0.958 bits per heavy atom. The van der Waals surface area contributed by atoms with E-state index in [0.29, 0.717) is 24.2 Å². The Morgan fingerprint density at radius 2 is 1.71 bits per heavy atom. The molecule has 1 aliphatic rings. The molecular weight excluding hydrogens is 296 g/mol. The lowest BCUT2D eigenvalue weighted by Crippen LogP contribution is -2.42. The molecule has 0 aliphatic carbocycles. The Bertz CT molecular complexity index is 936. The van der Waals surface area contributed by atoms with E-state index >= 15 is 0 Å². The summed E-state index contributed by atoms with van der Waals surface area (Å²) < 4.78 is 6.18. The van der Waals surface area contributed by atoms with Gasteiger partial charge in [0.15, 0.2) is 5.60 Å². The Hall–Kier alpha value is -2.87. The molecule has 4 rings (SSSR count). The van der Waals surface area contributed by atoms with Gasteiger partial charge in [0, 0.05) is 12.8 Å². The van der Waals surface area contributed by atoms with Crippen molar-refractivity contribution >= 4 is 16.6 Å². The second-order valence-corrected chi connectivity index (χ2v) is 6.23. The van der Waals surface area contributed by atoms with E-state index in [1.54, 1.807) is 6.08 Å². The maximum Gasteiger partial charge on any atom is 0.210 e. The Labute approximate surface area is 141 Å². The van der Waals surface area contributed by atoms with Gasteiger partial charge < -0.3 is 4.74 Å². The summed E-state index contributed by atoms with van der Waals surface area (Å²) >= 11 is 0. The fourth-order valence-corrected chi connectivity index (χ4v) is 3.56. The zero-order valence-corrected chi connectivity index (χ0v) is 13.4. The standard InChI is InChI=1S/C22H18O2/c1-2-14-22(21(23)19-12-5-6-13-20(19)24-22)15-17-10-7-9-16-8-3-4-11-18(16)17/h2-13H,1,14-15H2/t22-/m0/s1. The molecule has 3 aromatic rings. The van der Waals surface area contributed by atoms with Gasteiger partial charge in [0.2, 0.25) is 5.78 Å². The number of hydrogen-bond acceptors (Lipinski definition) is 2. The van der Waals surface area contributed by atoms with Crippen LogP contribution >= 0.6 is 0 Å². The first-order chi connectivity index (χ1) is 11.7. The highest BCUT2D eigenvalue weighted by Crippen LogP contribution is 2.40. The van der Waals surface area contributed by atoms with Crippen LogP contribution in [0, 0.1) is 0 Å². The number of rotatable bonds is 4. The summed E-state index contributed by atoms with van der Waals surface area (Å²) in [5.41, 5.74) is 0.894. The Balaban J connectivity index is 1.80. The van der Waals surface area contributed by atoms with Gasteiger partial charge in [0.1, 0.15) is 5.75 Å². The second-order valence-electron chi connectivity index (χ2n) is 6.23. The summed E-state index contributed by atoms with van der Waals surface area (Å²) in [5.74, 6) is 0.718. The number of para-hydroxylation sites is 1. The first-order valence-electron chi connectivity index (χ1n) is 8.14. The van der Waals surface area contributed by atoms with Gasteiger partial charge >= 0.3 is 0 Å². The molecule has 3 aromatic carbocycles. The number of benzene rings is 3. The minimum Gasteiger partial charge on any atom is -0.478 e. The van der Waals surface area contributed by atoms with Crippen LogP contribution in [0.5, 0.6) is 5.75 Å². The summed E-state index contributed by atoms with van der Waals surface area (Å²) in [6, 6.07) is 21.9. The van der Waals surface area contributed by atoms with Crippen LogP contribution in [0.2, 0.25) is 0 Å². The molecule has 118 valence electrons. The van der Waals surface area contributed by atoms with E-state index in [1.807, 2.05) is 42.5 Å². The van der Waals surface area contributed by atoms with E-state index in [2.05, 4.69) is 30.8 Å². The molecular formula is C22H18O2. The minimum atomic E-state index is -0.893. The third-order valence-corrected chi connectivity index (χ3v) is 4.68. The third kappa shape index (κ3) is 2.23. The van der Waals surface area contributed by atoms with E-state index in [0.717, 1.165) is 10.9 Å². The molecule has 0 bridgehead atoms. The zero-order chi connectivity index (χ0) is 16.6. The summed E-state index contributed by atoms with van der Waals surface area (Å²) in [6.07, 6.45) is 2.80. The summed E-state index contributed by atoms with van der Waals surface area (Å²) in [6.45, 7) is 3.84. The maximum atomic E-state index is 13.1. The normalized spacial score (nSPS) is 19.1. The van der Waals surface area contributed by atoms with E-state index < -0.39 is 5.60 Å². The van der Waals surface area contributed by atoms with Gasteiger partial charge in [-0.2, -0.15) is 0 Å². The Kier molecular flexibility index (Phi) is 3.46. The third-order valence-electron chi connectivity index (χ3n) is 4.68. The number of carbonyl (C=O) groups is 1. The van der Waals surface area contributed by atoms with Crippen LogP contribution in [0.4, 0.5) is 0 Å². The highest BCUT2D eigenvalue weighted by molar-refractivity contribution is 6.08. The van der Waals surface area contributed by atoms with Crippen molar-refractivity contribution in [2.75, 3.05) is 0 Å².